The number of alkyl halides is 1. The summed E-state index contributed by atoms with van der Waals surface area (Å²) in [6.07, 6.45) is 5.95. The SMILES string of the molecule is C=C1C(c2ccc(F)c3c2C=C(C)C3)=C(C([NH])=O)C=CC1Br. The van der Waals surface area contributed by atoms with E-state index < -0.39 is 5.91 Å². The molecule has 0 bridgehead atoms. The first-order valence-corrected chi connectivity index (χ1v) is 7.82. The zero-order valence-corrected chi connectivity index (χ0v) is 13.6. The molecule has 1 radical (unpaired) electrons. The lowest BCUT2D eigenvalue weighted by Gasteiger charge is -2.22. The second-order valence-electron chi connectivity index (χ2n) is 5.56. The maximum absolute atomic E-state index is 14.0. The van der Waals surface area contributed by atoms with Crippen LogP contribution in [0.25, 0.3) is 11.6 Å². The number of nitrogens with one attached hydrogen (secondary N) is 1. The number of carbonyl (C=O) groups is 1. The second-order valence-corrected chi connectivity index (χ2v) is 6.55. The summed E-state index contributed by atoms with van der Waals surface area (Å²) >= 11 is 3.49. The number of halogens is 2. The summed E-state index contributed by atoms with van der Waals surface area (Å²) in [5.74, 6) is -0.998. The first-order valence-electron chi connectivity index (χ1n) is 6.90. The molecule has 0 spiro atoms. The summed E-state index contributed by atoms with van der Waals surface area (Å²) in [7, 11) is 0. The van der Waals surface area contributed by atoms with Crippen molar-refractivity contribution in [3.8, 4) is 0 Å². The number of fused-ring (bicyclic) bond motifs is 1. The van der Waals surface area contributed by atoms with E-state index >= 15 is 0 Å². The Morgan fingerprint density at radius 3 is 2.86 bits per heavy atom. The van der Waals surface area contributed by atoms with E-state index in [1.807, 2.05) is 13.0 Å². The number of benzene rings is 1. The third-order valence-electron chi connectivity index (χ3n) is 4.02. The lowest BCUT2D eigenvalue weighted by Crippen LogP contribution is -2.14. The summed E-state index contributed by atoms with van der Waals surface area (Å²) in [5.41, 5.74) is 12.4. The predicted molar refractivity (Wildman–Crippen MR) is 89.8 cm³/mol. The van der Waals surface area contributed by atoms with Crippen molar-refractivity contribution in [3.05, 3.63) is 70.1 Å². The number of amides is 1. The quantitative estimate of drug-likeness (QED) is 0.729. The molecule has 1 N–H and O–H groups in total. The van der Waals surface area contributed by atoms with Crippen molar-refractivity contribution in [2.75, 3.05) is 0 Å². The van der Waals surface area contributed by atoms with Crippen molar-refractivity contribution in [3.63, 3.8) is 0 Å². The Hall–Kier alpha value is -1.94. The zero-order valence-electron chi connectivity index (χ0n) is 12.0. The molecule has 0 aliphatic heterocycles. The fourth-order valence-corrected chi connectivity index (χ4v) is 3.36. The van der Waals surface area contributed by atoms with Crippen LogP contribution in [0.5, 0.6) is 0 Å². The molecular weight excluding hydrogens is 345 g/mol. The van der Waals surface area contributed by atoms with Crippen molar-refractivity contribution >= 4 is 33.5 Å². The molecule has 2 nitrogen and oxygen atoms in total. The van der Waals surface area contributed by atoms with Gasteiger partial charge in [0.2, 0.25) is 0 Å². The molecule has 1 aromatic carbocycles. The van der Waals surface area contributed by atoms with Crippen LogP contribution in [0.3, 0.4) is 0 Å². The molecule has 0 aromatic heterocycles. The van der Waals surface area contributed by atoms with Gasteiger partial charge in [-0.05, 0) is 47.2 Å². The largest absolute Gasteiger partial charge is 0.270 e. The van der Waals surface area contributed by atoms with Crippen LogP contribution in [0.15, 0.2) is 47.6 Å². The van der Waals surface area contributed by atoms with E-state index in [0.717, 1.165) is 16.7 Å². The predicted octanol–water partition coefficient (Wildman–Crippen LogP) is 4.24. The van der Waals surface area contributed by atoms with Gasteiger partial charge in [-0.1, -0.05) is 52.4 Å². The number of carbonyl (C=O) groups excluding carboxylic acids is 1. The van der Waals surface area contributed by atoms with E-state index in [1.165, 1.54) is 6.07 Å². The minimum atomic E-state index is -0.761. The highest BCUT2D eigenvalue weighted by atomic mass is 79.9. The van der Waals surface area contributed by atoms with Gasteiger partial charge in [-0.2, -0.15) is 0 Å². The number of allylic oxidation sites excluding steroid dienone is 4. The summed E-state index contributed by atoms with van der Waals surface area (Å²) in [5, 5.41) is 0. The Morgan fingerprint density at radius 2 is 2.18 bits per heavy atom. The zero-order chi connectivity index (χ0) is 16.0. The minimum absolute atomic E-state index is 0.0993. The molecule has 4 heteroatoms. The van der Waals surface area contributed by atoms with Gasteiger partial charge in [-0.15, -0.1) is 0 Å². The van der Waals surface area contributed by atoms with Gasteiger partial charge < -0.3 is 0 Å². The Morgan fingerprint density at radius 1 is 1.45 bits per heavy atom. The lowest BCUT2D eigenvalue weighted by atomic mass is 9.84. The van der Waals surface area contributed by atoms with Crippen LogP contribution in [0.4, 0.5) is 4.39 Å². The fraction of sp³-hybridized carbons (Fsp3) is 0.167. The highest BCUT2D eigenvalue weighted by Gasteiger charge is 2.27. The summed E-state index contributed by atoms with van der Waals surface area (Å²) in [6, 6.07) is 3.10. The topological polar surface area (TPSA) is 40.9 Å². The molecule has 3 rings (SSSR count). The van der Waals surface area contributed by atoms with E-state index in [0.29, 0.717) is 28.7 Å². The third-order valence-corrected chi connectivity index (χ3v) is 4.87. The molecule has 0 saturated carbocycles. The van der Waals surface area contributed by atoms with Gasteiger partial charge >= 0.3 is 0 Å². The van der Waals surface area contributed by atoms with E-state index in [-0.39, 0.29) is 10.6 Å². The highest BCUT2D eigenvalue weighted by molar-refractivity contribution is 9.09. The standard InChI is InChI=1S/C18H14BrFNO/c1-9-7-13-11(4-6-16(20)14(13)8-9)17-10(2)15(19)5-3-12(17)18(21)22/h3-7,15,21H,2,8H2,1H3. The Labute approximate surface area is 137 Å². The van der Waals surface area contributed by atoms with Crippen LogP contribution in [0.1, 0.15) is 23.6 Å². The molecule has 2 aliphatic carbocycles. The fourth-order valence-electron chi connectivity index (χ4n) is 2.98. The van der Waals surface area contributed by atoms with Crippen molar-refractivity contribution in [2.45, 2.75) is 18.2 Å². The van der Waals surface area contributed by atoms with Gasteiger partial charge in [-0.3, -0.25) is 10.5 Å². The van der Waals surface area contributed by atoms with E-state index in [1.54, 1.807) is 18.2 Å². The minimum Gasteiger partial charge on any atom is -0.267 e. The number of hydrogen-bond acceptors (Lipinski definition) is 1. The molecule has 1 amide bonds. The summed E-state index contributed by atoms with van der Waals surface area (Å²) in [4.78, 5) is 11.6. The van der Waals surface area contributed by atoms with Crippen molar-refractivity contribution in [1.82, 2.24) is 5.73 Å². The third kappa shape index (κ3) is 2.28. The van der Waals surface area contributed by atoms with Gasteiger partial charge in [0.25, 0.3) is 5.91 Å². The van der Waals surface area contributed by atoms with Crippen LogP contribution in [-0.2, 0) is 11.2 Å². The maximum Gasteiger partial charge on any atom is 0.270 e. The molecule has 111 valence electrons. The molecule has 0 heterocycles. The van der Waals surface area contributed by atoms with Crippen LogP contribution < -0.4 is 5.73 Å². The Bertz CT molecular complexity index is 802. The monoisotopic (exact) mass is 358 g/mol. The van der Waals surface area contributed by atoms with E-state index in [9.17, 15) is 9.18 Å². The molecule has 1 unspecified atom stereocenters. The number of hydrogen-bond donors (Lipinski definition) is 0. The second kappa shape index (κ2) is 5.36. The van der Waals surface area contributed by atoms with Gasteiger partial charge in [-0.25, -0.2) is 4.39 Å². The van der Waals surface area contributed by atoms with Crippen LogP contribution >= 0.6 is 15.9 Å². The number of rotatable bonds is 2. The first-order chi connectivity index (χ1) is 10.4. The maximum atomic E-state index is 14.0. The van der Waals surface area contributed by atoms with E-state index in [4.69, 9.17) is 5.73 Å². The first kappa shape index (κ1) is 15.0. The summed E-state index contributed by atoms with van der Waals surface area (Å²) in [6.45, 7) is 6.00. The molecular formula is C18H14BrFNO. The van der Waals surface area contributed by atoms with Crippen LogP contribution in [-0.4, -0.2) is 10.7 Å². The molecule has 1 aromatic rings. The van der Waals surface area contributed by atoms with Crippen LogP contribution in [0, 0.1) is 5.82 Å². The van der Waals surface area contributed by atoms with Gasteiger partial charge in [0.1, 0.15) is 5.82 Å². The van der Waals surface area contributed by atoms with Crippen molar-refractivity contribution in [2.24, 2.45) is 0 Å². The van der Waals surface area contributed by atoms with Gasteiger partial charge in [0.15, 0.2) is 0 Å². The average molecular weight is 359 g/mol. The van der Waals surface area contributed by atoms with Gasteiger partial charge in [0.05, 0.1) is 4.83 Å². The molecule has 1 atom stereocenters. The van der Waals surface area contributed by atoms with Crippen molar-refractivity contribution < 1.29 is 9.18 Å². The van der Waals surface area contributed by atoms with E-state index in [2.05, 4.69) is 22.5 Å². The molecule has 0 fully saturated rings. The molecule has 2 aliphatic rings. The van der Waals surface area contributed by atoms with Crippen LogP contribution in [0.2, 0.25) is 0 Å². The smallest absolute Gasteiger partial charge is 0.267 e. The average Bonchev–Trinajstić information content (AvgIpc) is 2.85. The van der Waals surface area contributed by atoms with Crippen molar-refractivity contribution in [1.29, 1.82) is 0 Å². The lowest BCUT2D eigenvalue weighted by molar-refractivity contribution is -0.114. The molecule has 22 heavy (non-hydrogen) atoms. The normalized spacial score (nSPS) is 20.2. The summed E-state index contributed by atoms with van der Waals surface area (Å²) < 4.78 is 14.0. The Kier molecular flexibility index (Phi) is 3.65. The van der Waals surface area contributed by atoms with Gasteiger partial charge in [0, 0.05) is 5.57 Å². The molecule has 0 saturated heterocycles. The Balaban J connectivity index is 2.30. The highest BCUT2D eigenvalue weighted by Crippen LogP contribution is 2.41.